The van der Waals surface area contributed by atoms with Gasteiger partial charge in [-0.3, -0.25) is 14.7 Å². The first kappa shape index (κ1) is 30.2. The quantitative estimate of drug-likeness (QED) is 0.246. The number of nitrogens with one attached hydrogen (secondary N) is 1. The minimum Gasteiger partial charge on any atom is -0.488 e. The Balaban J connectivity index is 1.53. The smallest absolute Gasteiger partial charge is 0.336 e. The van der Waals surface area contributed by atoms with Crippen LogP contribution in [0.4, 0.5) is 5.13 Å². The average Bonchev–Trinajstić information content (AvgIpc) is 3.56. The zero-order valence-corrected chi connectivity index (χ0v) is 24.9. The number of thiazole rings is 1. The number of rotatable bonds is 13. The SMILES string of the molecule is CCOP(=O)(Cc1csc(NC(=O)c2cc(Oc3ccc(S(C)(=O)=O)cc3)cc(O[C@H]3CCOC3)c2)n1)OCC. The maximum atomic E-state index is 13.2. The molecule has 1 N–H and O–H groups in total. The molecule has 216 valence electrons. The Kier molecular flexibility index (Phi) is 9.99. The maximum Gasteiger partial charge on any atom is 0.336 e. The van der Waals surface area contributed by atoms with Gasteiger partial charge in [0.25, 0.3) is 5.91 Å². The fraction of sp³-hybridized carbons (Fsp3) is 0.385. The van der Waals surface area contributed by atoms with Crippen LogP contribution >= 0.6 is 18.9 Å². The van der Waals surface area contributed by atoms with Gasteiger partial charge in [-0.25, -0.2) is 13.4 Å². The van der Waals surface area contributed by atoms with Crippen molar-refractivity contribution in [3.63, 3.8) is 0 Å². The van der Waals surface area contributed by atoms with Crippen LogP contribution in [0.1, 0.15) is 36.3 Å². The molecule has 1 amide bonds. The molecule has 2 heterocycles. The molecule has 0 unspecified atom stereocenters. The Hall–Kier alpha value is -2.80. The van der Waals surface area contributed by atoms with Gasteiger partial charge in [0.15, 0.2) is 15.0 Å². The fourth-order valence-corrected chi connectivity index (χ4v) is 6.91. The Morgan fingerprint density at radius 1 is 1.10 bits per heavy atom. The summed E-state index contributed by atoms with van der Waals surface area (Å²) >= 11 is 1.19. The Bertz CT molecular complexity index is 1460. The zero-order valence-electron chi connectivity index (χ0n) is 22.3. The molecule has 0 bridgehead atoms. The molecule has 3 aromatic rings. The van der Waals surface area contributed by atoms with E-state index in [2.05, 4.69) is 10.3 Å². The van der Waals surface area contributed by atoms with Crippen molar-refractivity contribution >= 4 is 39.8 Å². The number of amides is 1. The Morgan fingerprint density at radius 2 is 1.80 bits per heavy atom. The van der Waals surface area contributed by atoms with E-state index in [9.17, 15) is 17.8 Å². The minimum atomic E-state index is -3.35. The van der Waals surface area contributed by atoms with Gasteiger partial charge in [0.05, 0.1) is 43.2 Å². The molecule has 1 fully saturated rings. The number of hydrogen-bond acceptors (Lipinski definition) is 11. The third-order valence-electron chi connectivity index (χ3n) is 5.60. The van der Waals surface area contributed by atoms with Gasteiger partial charge in [-0.1, -0.05) is 0 Å². The van der Waals surface area contributed by atoms with Gasteiger partial charge in [0.2, 0.25) is 0 Å². The summed E-state index contributed by atoms with van der Waals surface area (Å²) in [7, 11) is -6.69. The molecule has 1 aliphatic rings. The van der Waals surface area contributed by atoms with E-state index >= 15 is 0 Å². The van der Waals surface area contributed by atoms with Crippen molar-refractivity contribution in [2.45, 2.75) is 37.4 Å². The lowest BCUT2D eigenvalue weighted by Crippen LogP contribution is -2.17. The van der Waals surface area contributed by atoms with Crippen LogP contribution in [0.3, 0.4) is 0 Å². The number of ether oxygens (including phenoxy) is 3. The van der Waals surface area contributed by atoms with E-state index in [1.807, 2.05) is 0 Å². The molecule has 0 saturated carbocycles. The summed E-state index contributed by atoms with van der Waals surface area (Å²) < 4.78 is 64.4. The van der Waals surface area contributed by atoms with Crippen LogP contribution in [0.15, 0.2) is 52.7 Å². The van der Waals surface area contributed by atoms with Crippen LogP contribution in [0.5, 0.6) is 17.2 Å². The molecule has 14 heteroatoms. The van der Waals surface area contributed by atoms with Crippen LogP contribution in [0, 0.1) is 0 Å². The van der Waals surface area contributed by atoms with Crippen molar-refractivity contribution in [1.29, 1.82) is 0 Å². The molecule has 0 radical (unpaired) electrons. The second-order valence-electron chi connectivity index (χ2n) is 8.84. The first-order valence-corrected chi connectivity index (χ1v) is 17.1. The maximum absolute atomic E-state index is 13.2. The van der Waals surface area contributed by atoms with Crippen LogP contribution in [0.2, 0.25) is 0 Å². The first-order chi connectivity index (χ1) is 19.1. The van der Waals surface area contributed by atoms with Crippen molar-refractivity contribution in [1.82, 2.24) is 4.98 Å². The average molecular weight is 611 g/mol. The molecule has 2 aromatic carbocycles. The van der Waals surface area contributed by atoms with E-state index in [0.717, 1.165) is 12.7 Å². The number of carbonyl (C=O) groups excluding carboxylic acids is 1. The standard InChI is InChI=1S/C26H31N2O9PS2/c1-4-34-38(30,35-5-2)16-19-17-39-26(27-19)28-25(29)18-12-22(14-23(13-18)37-21-10-11-33-15-21)36-20-6-8-24(9-7-20)40(3,31)32/h6-9,12-14,17,21H,4-5,10-11,15-16H2,1-3H3,(H,27,28,29)/t21-/m0/s1. The van der Waals surface area contributed by atoms with Gasteiger partial charge in [0, 0.05) is 29.7 Å². The van der Waals surface area contributed by atoms with Crippen LogP contribution in [-0.2, 0) is 34.3 Å². The molecule has 1 saturated heterocycles. The number of anilines is 1. The molecule has 1 aromatic heterocycles. The molecular weight excluding hydrogens is 579 g/mol. The molecule has 1 atom stereocenters. The summed E-state index contributed by atoms with van der Waals surface area (Å²) in [5.41, 5.74) is 0.732. The summed E-state index contributed by atoms with van der Waals surface area (Å²) in [6, 6.07) is 10.8. The molecule has 11 nitrogen and oxygen atoms in total. The van der Waals surface area contributed by atoms with Crippen molar-refractivity contribution in [2.75, 3.05) is 38.0 Å². The summed E-state index contributed by atoms with van der Waals surface area (Å²) in [4.78, 5) is 17.8. The Morgan fingerprint density at radius 3 is 2.42 bits per heavy atom. The van der Waals surface area contributed by atoms with Gasteiger partial charge in [-0.2, -0.15) is 0 Å². The molecule has 40 heavy (non-hydrogen) atoms. The molecular formula is C26H31N2O9PS2. The normalized spacial score (nSPS) is 15.6. The number of aromatic nitrogens is 1. The number of hydrogen-bond donors (Lipinski definition) is 1. The van der Waals surface area contributed by atoms with Gasteiger partial charge < -0.3 is 23.3 Å². The second kappa shape index (κ2) is 13.2. The number of carbonyl (C=O) groups is 1. The highest BCUT2D eigenvalue weighted by atomic mass is 32.2. The molecule has 0 aliphatic carbocycles. The van der Waals surface area contributed by atoms with Gasteiger partial charge in [-0.15, -0.1) is 11.3 Å². The van der Waals surface area contributed by atoms with Gasteiger partial charge in [0.1, 0.15) is 23.4 Å². The van der Waals surface area contributed by atoms with Crippen molar-refractivity contribution in [3.05, 3.63) is 59.1 Å². The fourth-order valence-electron chi connectivity index (χ4n) is 3.85. The van der Waals surface area contributed by atoms with Crippen molar-refractivity contribution in [2.24, 2.45) is 0 Å². The molecule has 0 spiro atoms. The highest BCUT2D eigenvalue weighted by molar-refractivity contribution is 7.90. The summed E-state index contributed by atoms with van der Waals surface area (Å²) in [6.07, 6.45) is 1.68. The van der Waals surface area contributed by atoms with E-state index in [0.29, 0.717) is 41.3 Å². The largest absolute Gasteiger partial charge is 0.488 e. The molecule has 1 aliphatic heterocycles. The summed E-state index contributed by atoms with van der Waals surface area (Å²) in [6.45, 7) is 4.98. The lowest BCUT2D eigenvalue weighted by Gasteiger charge is -2.15. The first-order valence-electron chi connectivity index (χ1n) is 12.6. The van der Waals surface area contributed by atoms with Crippen molar-refractivity contribution < 1.29 is 41.0 Å². The Labute approximate surface area is 237 Å². The lowest BCUT2D eigenvalue weighted by atomic mass is 10.2. The third-order valence-corrected chi connectivity index (χ3v) is 9.55. The zero-order chi connectivity index (χ0) is 28.8. The molecule has 4 rings (SSSR count). The number of nitrogens with zero attached hydrogens (tertiary/aromatic N) is 1. The predicted octanol–water partition coefficient (Wildman–Crippen LogP) is 5.53. The minimum absolute atomic E-state index is 0.00997. The van der Waals surface area contributed by atoms with Crippen molar-refractivity contribution in [3.8, 4) is 17.2 Å². The number of benzene rings is 2. The van der Waals surface area contributed by atoms with Crippen LogP contribution < -0.4 is 14.8 Å². The number of sulfone groups is 1. The van der Waals surface area contributed by atoms with Crippen LogP contribution in [0.25, 0.3) is 0 Å². The van der Waals surface area contributed by atoms with E-state index in [1.165, 1.54) is 35.6 Å². The summed E-state index contributed by atoms with van der Waals surface area (Å²) in [5, 5.41) is 4.76. The highest BCUT2D eigenvalue weighted by Gasteiger charge is 2.26. The third kappa shape index (κ3) is 8.35. The van der Waals surface area contributed by atoms with E-state index in [4.69, 9.17) is 23.3 Å². The lowest BCUT2D eigenvalue weighted by molar-refractivity contribution is 0.102. The van der Waals surface area contributed by atoms with E-state index < -0.39 is 23.3 Å². The summed E-state index contributed by atoms with van der Waals surface area (Å²) in [5.74, 6) is 0.671. The monoisotopic (exact) mass is 610 g/mol. The van der Waals surface area contributed by atoms with Gasteiger partial charge >= 0.3 is 7.60 Å². The second-order valence-corrected chi connectivity index (χ2v) is 13.8. The highest BCUT2D eigenvalue weighted by Crippen LogP contribution is 2.51. The van der Waals surface area contributed by atoms with Gasteiger partial charge in [-0.05, 0) is 50.2 Å². The van der Waals surface area contributed by atoms with E-state index in [-0.39, 0.29) is 35.9 Å². The predicted molar refractivity (Wildman–Crippen MR) is 151 cm³/mol. The van der Waals surface area contributed by atoms with E-state index in [1.54, 1.807) is 37.4 Å². The van der Waals surface area contributed by atoms with Crippen LogP contribution in [-0.4, -0.2) is 58.1 Å². The topological polar surface area (TPSA) is 139 Å².